The predicted molar refractivity (Wildman–Crippen MR) is 96.2 cm³/mol. The molecule has 130 valence electrons. The maximum atomic E-state index is 5.45. The average Bonchev–Trinajstić information content (AvgIpc) is 2.86. The van der Waals surface area contributed by atoms with E-state index >= 15 is 0 Å². The maximum Gasteiger partial charge on any atom is 0.161 e. The fourth-order valence-corrected chi connectivity index (χ4v) is 3.80. The summed E-state index contributed by atoms with van der Waals surface area (Å²) in [6.45, 7) is 8.20. The highest BCUT2D eigenvalue weighted by Gasteiger charge is 2.31. The highest BCUT2D eigenvalue weighted by Crippen LogP contribution is 2.33. The molecule has 0 saturated carbocycles. The molecule has 1 aromatic carbocycles. The fourth-order valence-electron chi connectivity index (χ4n) is 3.80. The van der Waals surface area contributed by atoms with Gasteiger partial charge < -0.3 is 19.7 Å². The number of hydrogen-bond donors (Lipinski definition) is 1. The van der Waals surface area contributed by atoms with E-state index in [0.29, 0.717) is 5.41 Å². The van der Waals surface area contributed by atoms with Gasteiger partial charge in [0.2, 0.25) is 0 Å². The topological polar surface area (TPSA) is 33.7 Å². The molecule has 23 heavy (non-hydrogen) atoms. The number of halogens is 1. The number of hydrogen-bond acceptors (Lipinski definition) is 4. The molecule has 1 unspecified atom stereocenters. The monoisotopic (exact) mass is 340 g/mol. The Morgan fingerprint density at radius 1 is 1.09 bits per heavy atom. The lowest BCUT2D eigenvalue weighted by molar-refractivity contribution is 0.184. The second-order valence-corrected chi connectivity index (χ2v) is 6.99. The molecule has 3 rings (SSSR count). The van der Waals surface area contributed by atoms with Crippen molar-refractivity contribution in [1.82, 2.24) is 10.2 Å². The molecule has 1 atom stereocenters. The lowest BCUT2D eigenvalue weighted by Gasteiger charge is -2.31. The molecule has 1 fully saturated rings. The van der Waals surface area contributed by atoms with Crippen LogP contribution in [0.4, 0.5) is 0 Å². The van der Waals surface area contributed by atoms with Crippen LogP contribution in [0.3, 0.4) is 0 Å². The van der Waals surface area contributed by atoms with Crippen molar-refractivity contribution < 1.29 is 9.47 Å². The lowest BCUT2D eigenvalue weighted by atomic mass is 9.89. The second kappa shape index (κ2) is 7.73. The Labute approximate surface area is 145 Å². The predicted octanol–water partition coefficient (Wildman–Crippen LogP) is 2.53. The zero-order valence-electron chi connectivity index (χ0n) is 14.5. The largest absolute Gasteiger partial charge is 0.493 e. The molecule has 1 saturated heterocycles. The van der Waals surface area contributed by atoms with Crippen molar-refractivity contribution in [3.8, 4) is 11.5 Å². The van der Waals surface area contributed by atoms with Crippen molar-refractivity contribution in [3.63, 3.8) is 0 Å². The zero-order valence-corrected chi connectivity index (χ0v) is 15.3. The van der Waals surface area contributed by atoms with Crippen LogP contribution >= 0.6 is 12.4 Å². The Morgan fingerprint density at radius 2 is 1.65 bits per heavy atom. The minimum absolute atomic E-state index is 0. The first-order chi connectivity index (χ1) is 10.6. The van der Waals surface area contributed by atoms with Crippen LogP contribution in [0.2, 0.25) is 0 Å². The standard InChI is InChI=1S/C18H28N2O2.ClH/c1-18(6-7-19-12-18)13-20-8-4-14-10-16(21-2)17(22-3)11-15(14)5-9-20;/h10-11,19H,4-9,12-13H2,1-3H3;1H. The van der Waals surface area contributed by atoms with Gasteiger partial charge >= 0.3 is 0 Å². The van der Waals surface area contributed by atoms with E-state index in [1.807, 2.05) is 0 Å². The molecule has 0 bridgehead atoms. The molecule has 2 aliphatic rings. The van der Waals surface area contributed by atoms with Crippen molar-refractivity contribution in [3.05, 3.63) is 23.3 Å². The number of benzene rings is 1. The zero-order chi connectivity index (χ0) is 15.6. The molecule has 1 N–H and O–H groups in total. The molecule has 0 aromatic heterocycles. The van der Waals surface area contributed by atoms with E-state index in [1.165, 1.54) is 30.6 Å². The Hall–Kier alpha value is -0.970. The van der Waals surface area contributed by atoms with Crippen molar-refractivity contribution in [1.29, 1.82) is 0 Å². The van der Waals surface area contributed by atoms with Gasteiger partial charge in [-0.1, -0.05) is 6.92 Å². The summed E-state index contributed by atoms with van der Waals surface area (Å²) >= 11 is 0. The van der Waals surface area contributed by atoms with Crippen LogP contribution < -0.4 is 14.8 Å². The van der Waals surface area contributed by atoms with Crippen LogP contribution in [0.15, 0.2) is 12.1 Å². The van der Waals surface area contributed by atoms with E-state index in [-0.39, 0.29) is 12.4 Å². The van der Waals surface area contributed by atoms with Crippen LogP contribution in [0.5, 0.6) is 11.5 Å². The summed E-state index contributed by atoms with van der Waals surface area (Å²) in [5.41, 5.74) is 3.26. The first kappa shape index (κ1) is 18.4. The average molecular weight is 341 g/mol. The number of nitrogens with one attached hydrogen (secondary N) is 1. The molecule has 0 spiro atoms. The van der Waals surface area contributed by atoms with Crippen LogP contribution in [-0.2, 0) is 12.8 Å². The first-order valence-corrected chi connectivity index (χ1v) is 8.30. The summed E-state index contributed by atoms with van der Waals surface area (Å²) in [4.78, 5) is 2.63. The number of fused-ring (bicyclic) bond motifs is 1. The summed E-state index contributed by atoms with van der Waals surface area (Å²) < 4.78 is 10.9. The fraction of sp³-hybridized carbons (Fsp3) is 0.667. The van der Waals surface area contributed by atoms with Gasteiger partial charge in [-0.2, -0.15) is 0 Å². The third kappa shape index (κ3) is 4.11. The molecule has 2 heterocycles. The van der Waals surface area contributed by atoms with Crippen LogP contribution in [0.1, 0.15) is 24.5 Å². The molecule has 0 amide bonds. The maximum absolute atomic E-state index is 5.45. The van der Waals surface area contributed by atoms with E-state index in [1.54, 1.807) is 14.2 Å². The van der Waals surface area contributed by atoms with Crippen LogP contribution in [0.25, 0.3) is 0 Å². The van der Waals surface area contributed by atoms with E-state index in [9.17, 15) is 0 Å². The number of nitrogens with zero attached hydrogens (tertiary/aromatic N) is 1. The molecule has 0 radical (unpaired) electrons. The van der Waals surface area contributed by atoms with Crippen molar-refractivity contribution >= 4 is 12.4 Å². The Bertz CT molecular complexity index is 495. The van der Waals surface area contributed by atoms with Gasteiger partial charge in [-0.3, -0.25) is 0 Å². The number of rotatable bonds is 4. The Morgan fingerprint density at radius 3 is 2.09 bits per heavy atom. The van der Waals surface area contributed by atoms with Gasteiger partial charge in [0, 0.05) is 26.2 Å². The summed E-state index contributed by atoms with van der Waals surface area (Å²) in [6.07, 6.45) is 3.48. The molecule has 2 aliphatic heterocycles. The third-order valence-corrected chi connectivity index (χ3v) is 5.16. The van der Waals surface area contributed by atoms with E-state index < -0.39 is 0 Å². The van der Waals surface area contributed by atoms with Gasteiger partial charge in [0.15, 0.2) is 11.5 Å². The molecule has 4 nitrogen and oxygen atoms in total. The molecular weight excluding hydrogens is 312 g/mol. The lowest BCUT2D eigenvalue weighted by Crippen LogP contribution is -2.38. The van der Waals surface area contributed by atoms with Gasteiger partial charge in [0.1, 0.15) is 0 Å². The summed E-state index contributed by atoms with van der Waals surface area (Å²) in [7, 11) is 3.42. The SMILES string of the molecule is COc1cc2c(cc1OC)CCN(CC1(C)CCNC1)CC2.Cl. The smallest absolute Gasteiger partial charge is 0.161 e. The quantitative estimate of drug-likeness (QED) is 0.913. The summed E-state index contributed by atoms with van der Waals surface area (Å²) in [5, 5.41) is 3.51. The highest BCUT2D eigenvalue weighted by molar-refractivity contribution is 5.85. The molecule has 5 heteroatoms. The Kier molecular flexibility index (Phi) is 6.18. The molecular formula is C18H29ClN2O2. The summed E-state index contributed by atoms with van der Waals surface area (Å²) in [5.74, 6) is 1.70. The minimum Gasteiger partial charge on any atom is -0.493 e. The van der Waals surface area contributed by atoms with E-state index in [0.717, 1.165) is 44.0 Å². The number of methoxy groups -OCH3 is 2. The first-order valence-electron chi connectivity index (χ1n) is 8.30. The third-order valence-electron chi connectivity index (χ3n) is 5.16. The van der Waals surface area contributed by atoms with Gasteiger partial charge in [0.05, 0.1) is 14.2 Å². The van der Waals surface area contributed by atoms with Gasteiger partial charge in [-0.25, -0.2) is 0 Å². The van der Waals surface area contributed by atoms with E-state index in [2.05, 4.69) is 29.3 Å². The minimum atomic E-state index is 0. The molecule has 1 aromatic rings. The number of ether oxygens (including phenoxy) is 2. The van der Waals surface area contributed by atoms with Crippen molar-refractivity contribution in [2.45, 2.75) is 26.2 Å². The van der Waals surface area contributed by atoms with Crippen LogP contribution in [-0.4, -0.2) is 51.8 Å². The van der Waals surface area contributed by atoms with Gasteiger partial charge in [-0.15, -0.1) is 12.4 Å². The van der Waals surface area contributed by atoms with Gasteiger partial charge in [0.25, 0.3) is 0 Å². The van der Waals surface area contributed by atoms with Crippen LogP contribution in [0, 0.1) is 5.41 Å². The molecule has 0 aliphatic carbocycles. The Balaban J connectivity index is 0.00000192. The van der Waals surface area contributed by atoms with Gasteiger partial charge in [-0.05, 0) is 54.5 Å². The highest BCUT2D eigenvalue weighted by atomic mass is 35.5. The van der Waals surface area contributed by atoms with Crippen molar-refractivity contribution in [2.24, 2.45) is 5.41 Å². The van der Waals surface area contributed by atoms with Crippen molar-refractivity contribution in [2.75, 3.05) is 46.9 Å². The van der Waals surface area contributed by atoms with E-state index in [4.69, 9.17) is 9.47 Å². The normalized spacial score (nSPS) is 24.5. The second-order valence-electron chi connectivity index (χ2n) is 6.99. The summed E-state index contributed by atoms with van der Waals surface area (Å²) in [6, 6.07) is 4.33.